The molecule has 0 saturated carbocycles. The molecule has 1 heterocycles. The Bertz CT molecular complexity index is 747. The smallest absolute Gasteiger partial charge is 0.255 e. The van der Waals surface area contributed by atoms with Crippen molar-refractivity contribution >= 4 is 22.5 Å². The second kappa shape index (κ2) is 5.05. The van der Waals surface area contributed by atoms with Crippen molar-refractivity contribution < 1.29 is 9.53 Å². The molecule has 0 aliphatic rings. The van der Waals surface area contributed by atoms with Crippen LogP contribution in [0.25, 0.3) is 10.9 Å². The highest BCUT2D eigenvalue weighted by Crippen LogP contribution is 2.17. The highest BCUT2D eigenvalue weighted by atomic mass is 16.5. The van der Waals surface area contributed by atoms with Crippen LogP contribution in [0.15, 0.2) is 48.7 Å². The van der Waals surface area contributed by atoms with Gasteiger partial charge in [0.2, 0.25) is 0 Å². The predicted octanol–water partition coefficient (Wildman–Crippen LogP) is 2.82. The monoisotopic (exact) mass is 267 g/mol. The molecule has 0 aliphatic carbocycles. The molecule has 20 heavy (non-hydrogen) atoms. The standard InChI is InChI=1S/C15H13N3O2/c1-20-13-5-3-12(4-6-13)17-15(19)10-2-7-14-11(8-10)9-16-18-14/h2-9H,1H3,(H,16,18)(H,17,19). The number of benzene rings is 2. The number of aromatic nitrogens is 2. The van der Waals surface area contributed by atoms with Crippen molar-refractivity contribution in [1.82, 2.24) is 10.2 Å². The molecule has 0 atom stereocenters. The zero-order valence-corrected chi connectivity index (χ0v) is 10.9. The summed E-state index contributed by atoms with van der Waals surface area (Å²) in [6.07, 6.45) is 1.69. The number of H-pyrrole nitrogens is 1. The van der Waals surface area contributed by atoms with E-state index in [1.165, 1.54) is 0 Å². The minimum absolute atomic E-state index is 0.154. The van der Waals surface area contributed by atoms with Gasteiger partial charge in [0.1, 0.15) is 5.75 Å². The van der Waals surface area contributed by atoms with Gasteiger partial charge in [0.25, 0.3) is 5.91 Å². The Labute approximate surface area is 115 Å². The summed E-state index contributed by atoms with van der Waals surface area (Å²) in [7, 11) is 1.60. The lowest BCUT2D eigenvalue weighted by atomic mass is 10.1. The molecule has 1 amide bonds. The second-order valence-corrected chi connectivity index (χ2v) is 4.35. The van der Waals surface area contributed by atoms with Crippen molar-refractivity contribution in [2.75, 3.05) is 12.4 Å². The number of carbonyl (C=O) groups excluding carboxylic acids is 1. The number of aromatic amines is 1. The van der Waals surface area contributed by atoms with Crippen LogP contribution in [0.1, 0.15) is 10.4 Å². The summed E-state index contributed by atoms with van der Waals surface area (Å²) in [6.45, 7) is 0. The lowest BCUT2D eigenvalue weighted by Gasteiger charge is -2.06. The average molecular weight is 267 g/mol. The van der Waals surface area contributed by atoms with E-state index in [-0.39, 0.29) is 5.91 Å². The number of hydrogen-bond donors (Lipinski definition) is 2. The van der Waals surface area contributed by atoms with Crippen LogP contribution in [0.2, 0.25) is 0 Å². The largest absolute Gasteiger partial charge is 0.497 e. The van der Waals surface area contributed by atoms with E-state index < -0.39 is 0 Å². The topological polar surface area (TPSA) is 67.0 Å². The van der Waals surface area contributed by atoms with Crippen LogP contribution >= 0.6 is 0 Å². The quantitative estimate of drug-likeness (QED) is 0.766. The number of fused-ring (bicyclic) bond motifs is 1. The maximum Gasteiger partial charge on any atom is 0.255 e. The third-order valence-corrected chi connectivity index (χ3v) is 3.05. The molecule has 5 nitrogen and oxygen atoms in total. The van der Waals surface area contributed by atoms with Gasteiger partial charge in [0.05, 0.1) is 18.8 Å². The van der Waals surface area contributed by atoms with Gasteiger partial charge in [-0.2, -0.15) is 5.10 Å². The lowest BCUT2D eigenvalue weighted by molar-refractivity contribution is 0.102. The number of rotatable bonds is 3. The highest BCUT2D eigenvalue weighted by molar-refractivity contribution is 6.06. The van der Waals surface area contributed by atoms with Gasteiger partial charge in [-0.15, -0.1) is 0 Å². The van der Waals surface area contributed by atoms with Crippen molar-refractivity contribution in [3.63, 3.8) is 0 Å². The van der Waals surface area contributed by atoms with E-state index in [0.717, 1.165) is 22.3 Å². The second-order valence-electron chi connectivity index (χ2n) is 4.35. The lowest BCUT2D eigenvalue weighted by Crippen LogP contribution is -2.11. The summed E-state index contributed by atoms with van der Waals surface area (Å²) in [4.78, 5) is 12.2. The molecule has 0 unspecified atom stereocenters. The first-order valence-corrected chi connectivity index (χ1v) is 6.15. The summed E-state index contributed by atoms with van der Waals surface area (Å²) in [5, 5.41) is 10.5. The third-order valence-electron chi connectivity index (χ3n) is 3.05. The average Bonchev–Trinajstić information content (AvgIpc) is 2.95. The number of carbonyl (C=O) groups is 1. The molecule has 3 rings (SSSR count). The number of methoxy groups -OCH3 is 1. The summed E-state index contributed by atoms with van der Waals surface area (Å²) < 4.78 is 5.07. The van der Waals surface area contributed by atoms with Crippen LogP contribution in [-0.4, -0.2) is 23.2 Å². The molecule has 1 aromatic heterocycles. The number of ether oxygens (including phenoxy) is 1. The van der Waals surface area contributed by atoms with Gasteiger partial charge < -0.3 is 10.1 Å². The van der Waals surface area contributed by atoms with Crippen LogP contribution in [0, 0.1) is 0 Å². The van der Waals surface area contributed by atoms with Gasteiger partial charge in [-0.05, 0) is 42.5 Å². The van der Waals surface area contributed by atoms with Crippen molar-refractivity contribution in [2.24, 2.45) is 0 Å². The molecule has 0 aliphatic heterocycles. The Hall–Kier alpha value is -2.82. The van der Waals surface area contributed by atoms with Gasteiger partial charge in [0.15, 0.2) is 0 Å². The Kier molecular flexibility index (Phi) is 3.09. The fourth-order valence-corrected chi connectivity index (χ4v) is 1.96. The summed E-state index contributed by atoms with van der Waals surface area (Å²) in [6, 6.07) is 12.6. The molecule has 0 saturated heterocycles. The number of nitrogens with zero attached hydrogens (tertiary/aromatic N) is 1. The maximum absolute atomic E-state index is 12.2. The van der Waals surface area contributed by atoms with Crippen molar-refractivity contribution in [3.05, 3.63) is 54.2 Å². The molecule has 0 fully saturated rings. The minimum atomic E-state index is -0.154. The van der Waals surface area contributed by atoms with Crippen LogP contribution in [0.5, 0.6) is 5.75 Å². The fraction of sp³-hybridized carbons (Fsp3) is 0.0667. The van der Waals surface area contributed by atoms with E-state index in [9.17, 15) is 4.79 Å². The SMILES string of the molecule is COc1ccc(NC(=O)c2ccc3[nH]ncc3c2)cc1. The number of nitrogens with one attached hydrogen (secondary N) is 2. The predicted molar refractivity (Wildman–Crippen MR) is 77.0 cm³/mol. The molecular weight excluding hydrogens is 254 g/mol. The maximum atomic E-state index is 12.2. The summed E-state index contributed by atoms with van der Waals surface area (Å²) in [5.74, 6) is 0.598. The molecule has 2 N–H and O–H groups in total. The summed E-state index contributed by atoms with van der Waals surface area (Å²) in [5.41, 5.74) is 2.23. The minimum Gasteiger partial charge on any atom is -0.497 e. The molecule has 5 heteroatoms. The van der Waals surface area contributed by atoms with Crippen molar-refractivity contribution in [3.8, 4) is 5.75 Å². The normalized spacial score (nSPS) is 10.4. The molecule has 100 valence electrons. The van der Waals surface area contributed by atoms with Crippen molar-refractivity contribution in [1.29, 1.82) is 0 Å². The van der Waals surface area contributed by atoms with Crippen LogP contribution < -0.4 is 10.1 Å². The Morgan fingerprint density at radius 3 is 2.75 bits per heavy atom. The first kappa shape index (κ1) is 12.2. The molecular formula is C15H13N3O2. The molecule has 3 aromatic rings. The Balaban J connectivity index is 1.80. The van der Waals surface area contributed by atoms with Gasteiger partial charge in [-0.3, -0.25) is 9.89 Å². The molecule has 0 spiro atoms. The third kappa shape index (κ3) is 2.33. The van der Waals surface area contributed by atoms with Crippen LogP contribution in [0.3, 0.4) is 0 Å². The van der Waals surface area contributed by atoms with Gasteiger partial charge in [-0.25, -0.2) is 0 Å². The van der Waals surface area contributed by atoms with E-state index in [2.05, 4.69) is 15.5 Å². The van der Waals surface area contributed by atoms with E-state index in [1.54, 1.807) is 49.7 Å². The van der Waals surface area contributed by atoms with Crippen LogP contribution in [0.4, 0.5) is 5.69 Å². The van der Waals surface area contributed by atoms with Crippen LogP contribution in [-0.2, 0) is 0 Å². The highest BCUT2D eigenvalue weighted by Gasteiger charge is 2.07. The van der Waals surface area contributed by atoms with Crippen molar-refractivity contribution in [2.45, 2.75) is 0 Å². The van der Waals surface area contributed by atoms with E-state index in [4.69, 9.17) is 4.74 Å². The molecule has 2 aromatic carbocycles. The van der Waals surface area contributed by atoms with E-state index in [0.29, 0.717) is 5.56 Å². The zero-order chi connectivity index (χ0) is 13.9. The first-order valence-electron chi connectivity index (χ1n) is 6.15. The van der Waals surface area contributed by atoms with E-state index >= 15 is 0 Å². The Morgan fingerprint density at radius 2 is 2.00 bits per heavy atom. The fourth-order valence-electron chi connectivity index (χ4n) is 1.96. The van der Waals surface area contributed by atoms with Gasteiger partial charge in [-0.1, -0.05) is 0 Å². The number of amides is 1. The summed E-state index contributed by atoms with van der Waals surface area (Å²) >= 11 is 0. The zero-order valence-electron chi connectivity index (χ0n) is 10.9. The van der Waals surface area contributed by atoms with E-state index in [1.807, 2.05) is 6.07 Å². The number of anilines is 1. The van der Waals surface area contributed by atoms with Gasteiger partial charge >= 0.3 is 0 Å². The molecule has 0 bridgehead atoms. The Morgan fingerprint density at radius 1 is 1.20 bits per heavy atom. The van der Waals surface area contributed by atoms with Gasteiger partial charge in [0, 0.05) is 16.6 Å². The molecule has 0 radical (unpaired) electrons. The first-order chi connectivity index (χ1) is 9.76. The number of hydrogen-bond acceptors (Lipinski definition) is 3.